The molecule has 316 valence electrons. The quantitative estimate of drug-likeness (QED) is 0.162. The number of hydrogen-bond acceptors (Lipinski definition) is 1. The molecule has 62 heavy (non-hydrogen) atoms. The van der Waals surface area contributed by atoms with Gasteiger partial charge >= 0.3 is 0 Å². The number of hydrogen-bond donors (Lipinski definition) is 0. The molecule has 0 unspecified atom stereocenters. The van der Waals surface area contributed by atoms with E-state index in [-0.39, 0.29) is 27.1 Å². The Hall–Kier alpha value is -5.66. The van der Waals surface area contributed by atoms with Gasteiger partial charge in [0.2, 0.25) is 0 Å². The molecule has 0 saturated heterocycles. The van der Waals surface area contributed by atoms with Crippen LogP contribution in [-0.4, -0.2) is 0 Å². The zero-order valence-corrected chi connectivity index (χ0v) is 39.9. The zero-order valence-electron chi connectivity index (χ0n) is 39.9. The maximum atomic E-state index is 2.43. The number of nitrogens with zero attached hydrogens (tertiary/aromatic N) is 1. The van der Waals surface area contributed by atoms with Gasteiger partial charge in [0, 0.05) is 22.5 Å². The topological polar surface area (TPSA) is 3.24 Å². The van der Waals surface area contributed by atoms with Crippen molar-refractivity contribution >= 4 is 17.1 Å². The molecule has 0 saturated carbocycles. The molecular formula is C61H67N. The van der Waals surface area contributed by atoms with Gasteiger partial charge in [-0.05, 0) is 142 Å². The standard InChI is InChI=1S/C61H67N/c1-57(2,3)46-26-28-50(29-27-46)62(52-30-31-54-53-20-15-16-21-55(53)61(13,14)56(54)39-52)51-19-17-18-42(37-51)40-22-24-41(25-23-40)43-32-44(34-47(33-43)58(4,5)6)45-35-48(59(7,8)9)38-49(36-45)60(10,11)12/h15-39H,1-14H3. The van der Waals surface area contributed by atoms with Crippen LogP contribution in [0, 0.1) is 0 Å². The van der Waals surface area contributed by atoms with Gasteiger partial charge in [-0.25, -0.2) is 0 Å². The first-order chi connectivity index (χ1) is 29.0. The number of rotatable bonds is 6. The van der Waals surface area contributed by atoms with E-state index in [1.807, 2.05) is 0 Å². The van der Waals surface area contributed by atoms with Gasteiger partial charge in [0.1, 0.15) is 0 Å². The van der Waals surface area contributed by atoms with Gasteiger partial charge < -0.3 is 4.90 Å². The fraction of sp³-hybridized carbons (Fsp3) is 0.311. The van der Waals surface area contributed by atoms with Crippen LogP contribution in [0.1, 0.15) is 130 Å². The van der Waals surface area contributed by atoms with Gasteiger partial charge in [0.15, 0.2) is 0 Å². The molecule has 0 radical (unpaired) electrons. The van der Waals surface area contributed by atoms with Gasteiger partial charge in [0.25, 0.3) is 0 Å². The van der Waals surface area contributed by atoms with Crippen LogP contribution in [0.25, 0.3) is 44.5 Å². The second kappa shape index (κ2) is 15.3. The Balaban J connectivity index is 1.19. The summed E-state index contributed by atoms with van der Waals surface area (Å²) < 4.78 is 0. The highest BCUT2D eigenvalue weighted by molar-refractivity contribution is 5.87. The van der Waals surface area contributed by atoms with Gasteiger partial charge in [-0.3, -0.25) is 0 Å². The number of anilines is 3. The lowest BCUT2D eigenvalue weighted by Gasteiger charge is -2.29. The van der Waals surface area contributed by atoms with E-state index in [4.69, 9.17) is 0 Å². The summed E-state index contributed by atoms with van der Waals surface area (Å²) in [5, 5.41) is 0. The summed E-state index contributed by atoms with van der Waals surface area (Å²) in [4.78, 5) is 2.43. The molecule has 0 N–H and O–H groups in total. The Morgan fingerprint density at radius 2 is 0.758 bits per heavy atom. The Labute approximate surface area is 373 Å². The molecule has 0 atom stereocenters. The van der Waals surface area contributed by atoms with Crippen molar-refractivity contribution in [3.8, 4) is 44.5 Å². The summed E-state index contributed by atoms with van der Waals surface area (Å²) in [6.07, 6.45) is 0. The van der Waals surface area contributed by atoms with Crippen LogP contribution in [0.3, 0.4) is 0 Å². The van der Waals surface area contributed by atoms with E-state index in [1.54, 1.807) is 0 Å². The monoisotopic (exact) mass is 814 g/mol. The average molecular weight is 814 g/mol. The summed E-state index contributed by atoms with van der Waals surface area (Å²) in [5.74, 6) is 0. The van der Waals surface area contributed by atoms with Crippen molar-refractivity contribution in [2.75, 3.05) is 4.90 Å². The van der Waals surface area contributed by atoms with Crippen molar-refractivity contribution in [3.63, 3.8) is 0 Å². The third kappa shape index (κ3) is 8.32. The second-order valence-corrected chi connectivity index (χ2v) is 22.5. The lowest BCUT2D eigenvalue weighted by Crippen LogP contribution is -2.17. The lowest BCUT2D eigenvalue weighted by atomic mass is 9.78. The van der Waals surface area contributed by atoms with Crippen LogP contribution in [0.2, 0.25) is 0 Å². The number of benzene rings is 7. The minimum atomic E-state index is -0.0910. The predicted molar refractivity (Wildman–Crippen MR) is 270 cm³/mol. The molecule has 1 aliphatic rings. The Morgan fingerprint density at radius 1 is 0.306 bits per heavy atom. The van der Waals surface area contributed by atoms with Crippen LogP contribution in [0.5, 0.6) is 0 Å². The molecule has 7 aromatic rings. The molecule has 0 amide bonds. The molecule has 1 aliphatic carbocycles. The fourth-order valence-electron chi connectivity index (χ4n) is 9.12. The van der Waals surface area contributed by atoms with Crippen LogP contribution in [0.4, 0.5) is 17.1 Å². The molecule has 7 aromatic carbocycles. The van der Waals surface area contributed by atoms with Crippen molar-refractivity contribution < 1.29 is 0 Å². The molecular weight excluding hydrogens is 747 g/mol. The third-order valence-corrected chi connectivity index (χ3v) is 13.3. The molecule has 1 heteroatoms. The minimum Gasteiger partial charge on any atom is -0.310 e. The average Bonchev–Trinajstić information content (AvgIpc) is 3.45. The van der Waals surface area contributed by atoms with Crippen molar-refractivity contribution in [3.05, 3.63) is 185 Å². The predicted octanol–water partition coefficient (Wildman–Crippen LogP) is 17.7. The van der Waals surface area contributed by atoms with Crippen LogP contribution in [-0.2, 0) is 27.1 Å². The Kier molecular flexibility index (Phi) is 10.6. The highest BCUT2D eigenvalue weighted by Gasteiger charge is 2.36. The van der Waals surface area contributed by atoms with Gasteiger partial charge in [-0.2, -0.15) is 0 Å². The highest BCUT2D eigenvalue weighted by atomic mass is 15.1. The first-order valence-corrected chi connectivity index (χ1v) is 22.7. The van der Waals surface area contributed by atoms with E-state index in [9.17, 15) is 0 Å². The van der Waals surface area contributed by atoms with E-state index < -0.39 is 0 Å². The molecule has 1 nitrogen and oxygen atoms in total. The summed E-state index contributed by atoms with van der Waals surface area (Å²) in [6, 6.07) is 57.9. The van der Waals surface area contributed by atoms with E-state index >= 15 is 0 Å². The molecule has 8 rings (SSSR count). The molecule has 0 spiro atoms. The second-order valence-electron chi connectivity index (χ2n) is 22.5. The molecule has 0 bridgehead atoms. The maximum Gasteiger partial charge on any atom is 0.0467 e. The van der Waals surface area contributed by atoms with E-state index in [0.29, 0.717) is 0 Å². The van der Waals surface area contributed by atoms with E-state index in [2.05, 4.69) is 253 Å². The summed E-state index contributed by atoms with van der Waals surface area (Å²) in [5.41, 5.74) is 21.8. The molecule has 0 heterocycles. The maximum absolute atomic E-state index is 2.43. The molecule has 0 aromatic heterocycles. The molecule has 0 fully saturated rings. The number of fused-ring (bicyclic) bond motifs is 3. The van der Waals surface area contributed by atoms with Crippen molar-refractivity contribution in [2.24, 2.45) is 0 Å². The lowest BCUT2D eigenvalue weighted by molar-refractivity contribution is 0.569. The normalized spacial score (nSPS) is 13.8. The van der Waals surface area contributed by atoms with Crippen molar-refractivity contribution in [1.82, 2.24) is 0 Å². The Morgan fingerprint density at radius 3 is 1.32 bits per heavy atom. The van der Waals surface area contributed by atoms with Crippen molar-refractivity contribution in [2.45, 2.75) is 124 Å². The van der Waals surface area contributed by atoms with Crippen LogP contribution >= 0.6 is 0 Å². The van der Waals surface area contributed by atoms with Gasteiger partial charge in [-0.15, -0.1) is 0 Å². The van der Waals surface area contributed by atoms with Gasteiger partial charge in [-0.1, -0.05) is 206 Å². The SMILES string of the molecule is CC(C)(C)c1ccc(N(c2cccc(-c3ccc(-c4cc(-c5cc(C(C)(C)C)cc(C(C)(C)C)c5)cc(C(C)(C)C)c4)cc3)c2)c2ccc3c(c2)C(C)(C)c2ccccc2-3)cc1. The minimum absolute atomic E-state index is 0.00284. The first kappa shape index (κ1) is 43.0. The zero-order chi connectivity index (χ0) is 44.6. The van der Waals surface area contributed by atoms with E-state index in [0.717, 1.165) is 17.1 Å². The smallest absolute Gasteiger partial charge is 0.0467 e. The summed E-state index contributed by atoms with van der Waals surface area (Å²) in [7, 11) is 0. The van der Waals surface area contributed by atoms with Crippen LogP contribution in [0.15, 0.2) is 152 Å². The highest BCUT2D eigenvalue weighted by Crippen LogP contribution is 2.51. The Bertz CT molecular complexity index is 2730. The molecule has 0 aliphatic heterocycles. The van der Waals surface area contributed by atoms with E-state index in [1.165, 1.54) is 77.9 Å². The summed E-state index contributed by atoms with van der Waals surface area (Å²) in [6.45, 7) is 32.5. The first-order valence-electron chi connectivity index (χ1n) is 22.7. The largest absolute Gasteiger partial charge is 0.310 e. The van der Waals surface area contributed by atoms with Crippen molar-refractivity contribution in [1.29, 1.82) is 0 Å². The summed E-state index contributed by atoms with van der Waals surface area (Å²) >= 11 is 0. The fourth-order valence-corrected chi connectivity index (χ4v) is 9.12. The van der Waals surface area contributed by atoms with Gasteiger partial charge in [0.05, 0.1) is 0 Å². The third-order valence-electron chi connectivity index (χ3n) is 13.3. The van der Waals surface area contributed by atoms with Crippen LogP contribution < -0.4 is 4.90 Å².